The van der Waals surface area contributed by atoms with Crippen molar-refractivity contribution < 1.29 is 19.1 Å². The highest BCUT2D eigenvalue weighted by atomic mass is 35.5. The number of carbonyl (C=O) groups is 3. The molecule has 7 nitrogen and oxygen atoms in total. The molecule has 0 atom stereocenters. The zero-order valence-electron chi connectivity index (χ0n) is 20.4. The number of halogens is 1. The minimum absolute atomic E-state index is 0.172. The molecule has 0 saturated carbocycles. The van der Waals surface area contributed by atoms with Crippen LogP contribution >= 0.6 is 11.6 Å². The van der Waals surface area contributed by atoms with Gasteiger partial charge >= 0.3 is 6.03 Å². The van der Waals surface area contributed by atoms with E-state index in [2.05, 4.69) is 37.1 Å². The number of hydrogen-bond acceptors (Lipinski definition) is 5. The zero-order chi connectivity index (χ0) is 25.5. The maximum atomic E-state index is 13.3. The number of nitrogens with zero attached hydrogens (tertiary/aromatic N) is 2. The summed E-state index contributed by atoms with van der Waals surface area (Å²) in [6.45, 7) is 9.35. The Bertz CT molecular complexity index is 1280. The highest BCUT2D eigenvalue weighted by molar-refractivity contribution is 6.40. The van der Waals surface area contributed by atoms with E-state index in [0.29, 0.717) is 22.0 Å². The Balaban J connectivity index is 1.77. The number of hydrogen-bond donors (Lipinski definition) is 1. The first-order valence-corrected chi connectivity index (χ1v) is 11.8. The molecule has 1 N–H and O–H groups in total. The van der Waals surface area contributed by atoms with E-state index in [1.165, 1.54) is 13.2 Å². The Kier molecular flexibility index (Phi) is 6.47. The van der Waals surface area contributed by atoms with Crippen LogP contribution in [0.2, 0.25) is 5.02 Å². The summed E-state index contributed by atoms with van der Waals surface area (Å²) >= 11 is 6.67. The van der Waals surface area contributed by atoms with Gasteiger partial charge in [0.15, 0.2) is 0 Å². The fourth-order valence-corrected chi connectivity index (χ4v) is 4.85. The van der Waals surface area contributed by atoms with Crippen LogP contribution in [0.3, 0.4) is 0 Å². The summed E-state index contributed by atoms with van der Waals surface area (Å²) in [6.07, 6.45) is 4.63. The number of urea groups is 1. The SMILES string of the molecule is CCCN1c2cc(Cl)c(/C=C3/C(=O)NC(=O)N(c4ccc(OC)cc4)C3=O)cc2C(C)=CC1(C)C. The van der Waals surface area contributed by atoms with E-state index in [4.69, 9.17) is 16.3 Å². The second-order valence-corrected chi connectivity index (χ2v) is 9.59. The van der Waals surface area contributed by atoms with Crippen molar-refractivity contribution in [3.05, 3.63) is 64.2 Å². The van der Waals surface area contributed by atoms with Gasteiger partial charge in [-0.15, -0.1) is 0 Å². The summed E-state index contributed by atoms with van der Waals surface area (Å²) in [5, 5.41) is 2.66. The Morgan fingerprint density at radius 1 is 1.11 bits per heavy atom. The van der Waals surface area contributed by atoms with Crippen LogP contribution in [0.25, 0.3) is 11.6 Å². The highest BCUT2D eigenvalue weighted by Gasteiger charge is 2.37. The minimum Gasteiger partial charge on any atom is -0.497 e. The van der Waals surface area contributed by atoms with Crippen LogP contribution < -0.4 is 19.9 Å². The van der Waals surface area contributed by atoms with Crippen molar-refractivity contribution in [2.75, 3.05) is 23.5 Å². The molecular weight excluding hydrogens is 466 g/mol. The standard InChI is InChI=1S/C27H28ClN3O4/c1-6-11-30-23-14-22(28)17(12-20(23)16(2)15-27(30,3)4)13-21-24(32)29-26(34)31(25(21)33)18-7-9-19(35-5)10-8-18/h7-10,12-15H,6,11H2,1-5H3,(H,29,32,34)/b21-13-. The molecule has 0 aliphatic carbocycles. The summed E-state index contributed by atoms with van der Waals surface area (Å²) in [4.78, 5) is 41.7. The van der Waals surface area contributed by atoms with Gasteiger partial charge < -0.3 is 9.64 Å². The van der Waals surface area contributed by atoms with E-state index in [1.807, 2.05) is 19.1 Å². The van der Waals surface area contributed by atoms with Crippen molar-refractivity contribution in [3.8, 4) is 5.75 Å². The number of methoxy groups -OCH3 is 1. The number of rotatable bonds is 5. The number of fused-ring (bicyclic) bond motifs is 1. The van der Waals surface area contributed by atoms with Gasteiger partial charge in [0.2, 0.25) is 0 Å². The van der Waals surface area contributed by atoms with E-state index in [1.54, 1.807) is 24.3 Å². The average Bonchev–Trinajstić information content (AvgIpc) is 2.80. The molecule has 1 saturated heterocycles. The van der Waals surface area contributed by atoms with Gasteiger partial charge in [-0.1, -0.05) is 24.6 Å². The number of amides is 4. The maximum Gasteiger partial charge on any atom is 0.335 e. The molecule has 0 bridgehead atoms. The van der Waals surface area contributed by atoms with Crippen LogP contribution in [0.15, 0.2) is 48.0 Å². The molecule has 0 spiro atoms. The number of ether oxygens (including phenoxy) is 1. The minimum atomic E-state index is -0.810. The molecule has 2 aromatic carbocycles. The van der Waals surface area contributed by atoms with E-state index in [0.717, 1.165) is 34.7 Å². The van der Waals surface area contributed by atoms with Crippen molar-refractivity contribution in [1.29, 1.82) is 0 Å². The number of nitrogens with one attached hydrogen (secondary N) is 1. The first-order valence-electron chi connectivity index (χ1n) is 11.4. The zero-order valence-corrected chi connectivity index (χ0v) is 21.2. The van der Waals surface area contributed by atoms with Crippen molar-refractivity contribution in [2.24, 2.45) is 0 Å². The third kappa shape index (κ3) is 4.44. The van der Waals surface area contributed by atoms with Crippen LogP contribution in [-0.2, 0) is 9.59 Å². The molecule has 35 heavy (non-hydrogen) atoms. The lowest BCUT2D eigenvalue weighted by molar-refractivity contribution is -0.122. The normalized spacial score (nSPS) is 18.4. The topological polar surface area (TPSA) is 79.0 Å². The lowest BCUT2D eigenvalue weighted by atomic mass is 9.87. The van der Waals surface area contributed by atoms with Gasteiger partial charge in [0, 0.05) is 22.8 Å². The lowest BCUT2D eigenvalue weighted by Gasteiger charge is -2.43. The van der Waals surface area contributed by atoms with Gasteiger partial charge in [-0.05, 0) is 80.8 Å². The van der Waals surface area contributed by atoms with E-state index in [-0.39, 0.29) is 11.1 Å². The average molecular weight is 494 g/mol. The molecule has 4 rings (SSSR count). The van der Waals surface area contributed by atoms with Crippen LogP contribution in [0.5, 0.6) is 5.75 Å². The molecule has 1 fully saturated rings. The fraction of sp³-hybridized carbons (Fsp3) is 0.296. The molecule has 0 aromatic heterocycles. The van der Waals surface area contributed by atoms with Crippen LogP contribution in [0, 0.1) is 0 Å². The number of carbonyl (C=O) groups excluding carboxylic acids is 3. The van der Waals surface area contributed by atoms with Crippen molar-refractivity contribution in [3.63, 3.8) is 0 Å². The summed E-state index contributed by atoms with van der Waals surface area (Å²) in [5.74, 6) is -0.909. The monoisotopic (exact) mass is 493 g/mol. The van der Waals surface area contributed by atoms with Gasteiger partial charge in [-0.25, -0.2) is 9.69 Å². The molecule has 0 radical (unpaired) electrons. The van der Waals surface area contributed by atoms with Crippen molar-refractivity contribution >= 4 is 52.5 Å². The molecule has 182 valence electrons. The second-order valence-electron chi connectivity index (χ2n) is 9.18. The van der Waals surface area contributed by atoms with Gasteiger partial charge in [-0.2, -0.15) is 0 Å². The van der Waals surface area contributed by atoms with Crippen molar-refractivity contribution in [1.82, 2.24) is 5.32 Å². The smallest absolute Gasteiger partial charge is 0.335 e. The summed E-state index contributed by atoms with van der Waals surface area (Å²) in [5.41, 5.74) is 3.58. The van der Waals surface area contributed by atoms with Gasteiger partial charge in [-0.3, -0.25) is 14.9 Å². The second kappa shape index (κ2) is 9.23. The predicted molar refractivity (Wildman–Crippen MR) is 139 cm³/mol. The first kappa shape index (κ1) is 24.5. The largest absolute Gasteiger partial charge is 0.497 e. The summed E-state index contributed by atoms with van der Waals surface area (Å²) in [6, 6.07) is 9.39. The van der Waals surface area contributed by atoms with Crippen molar-refractivity contribution in [2.45, 2.75) is 39.7 Å². The maximum absolute atomic E-state index is 13.3. The van der Waals surface area contributed by atoms with E-state index in [9.17, 15) is 14.4 Å². The summed E-state index contributed by atoms with van der Waals surface area (Å²) < 4.78 is 5.14. The number of benzene rings is 2. The quantitative estimate of drug-likeness (QED) is 0.444. The molecule has 2 aliphatic heterocycles. The fourth-order valence-electron chi connectivity index (χ4n) is 4.64. The van der Waals surface area contributed by atoms with E-state index >= 15 is 0 Å². The Morgan fingerprint density at radius 3 is 2.43 bits per heavy atom. The highest BCUT2D eigenvalue weighted by Crippen LogP contribution is 2.42. The molecule has 8 heteroatoms. The Hall–Kier alpha value is -3.58. The first-order chi connectivity index (χ1) is 16.6. The molecule has 2 heterocycles. The third-order valence-electron chi connectivity index (χ3n) is 6.28. The van der Waals surface area contributed by atoms with Crippen LogP contribution in [-0.4, -0.2) is 37.0 Å². The number of allylic oxidation sites excluding steroid dienone is 1. The molecular formula is C27H28ClN3O4. The lowest BCUT2D eigenvalue weighted by Crippen LogP contribution is -2.54. The number of barbiturate groups is 1. The summed E-state index contributed by atoms with van der Waals surface area (Å²) in [7, 11) is 1.52. The van der Waals surface area contributed by atoms with Gasteiger partial charge in [0.05, 0.1) is 18.3 Å². The van der Waals surface area contributed by atoms with Gasteiger partial charge in [0.1, 0.15) is 11.3 Å². The number of anilines is 2. The van der Waals surface area contributed by atoms with Gasteiger partial charge in [0.25, 0.3) is 11.8 Å². The van der Waals surface area contributed by atoms with E-state index < -0.39 is 17.8 Å². The molecule has 2 aliphatic rings. The third-order valence-corrected chi connectivity index (χ3v) is 6.60. The predicted octanol–water partition coefficient (Wildman–Crippen LogP) is 5.43. The van der Waals surface area contributed by atoms with Crippen LogP contribution in [0.4, 0.5) is 16.2 Å². The van der Waals surface area contributed by atoms with Crippen LogP contribution in [0.1, 0.15) is 45.2 Å². The molecule has 2 aromatic rings. The molecule has 4 amide bonds. The Morgan fingerprint density at radius 2 is 1.80 bits per heavy atom. The number of imide groups is 2. The Labute approximate surface area is 210 Å². The molecule has 0 unspecified atom stereocenters.